The number of aromatic nitrogens is 1. The van der Waals surface area contributed by atoms with E-state index in [1.807, 2.05) is 0 Å². The van der Waals surface area contributed by atoms with Gasteiger partial charge in [0.15, 0.2) is 0 Å². The minimum absolute atomic E-state index is 0.0276. The van der Waals surface area contributed by atoms with Crippen molar-refractivity contribution in [3.8, 4) is 0 Å². The van der Waals surface area contributed by atoms with Gasteiger partial charge in [-0.3, -0.25) is 9.78 Å². The Morgan fingerprint density at radius 1 is 1.50 bits per heavy atom. The molecule has 0 radical (unpaired) electrons. The number of nitrogens with zero attached hydrogens (tertiary/aromatic N) is 1. The normalized spacial score (nSPS) is 17.7. The van der Waals surface area contributed by atoms with Gasteiger partial charge in [-0.25, -0.2) is 0 Å². The first-order chi connectivity index (χ1) is 8.63. The molecule has 0 aromatic carbocycles. The Morgan fingerprint density at radius 2 is 2.22 bits per heavy atom. The number of carbonyl (C=O) groups excluding carboxylic acids is 1. The number of rotatable bonds is 4. The van der Waals surface area contributed by atoms with E-state index in [-0.39, 0.29) is 11.3 Å². The molecule has 0 aliphatic heterocycles. The van der Waals surface area contributed by atoms with Gasteiger partial charge in [-0.05, 0) is 30.4 Å². The molecule has 3 N–H and O–H groups in total. The predicted octanol–water partition coefficient (Wildman–Crippen LogP) is 1.85. The zero-order chi connectivity index (χ0) is 13.0. The van der Waals surface area contributed by atoms with E-state index in [1.54, 1.807) is 18.3 Å². The van der Waals surface area contributed by atoms with Gasteiger partial charge in [-0.15, -0.1) is 0 Å². The molecule has 98 valence electrons. The molecule has 0 bridgehead atoms. The maximum Gasteiger partial charge on any atom is 0.251 e. The van der Waals surface area contributed by atoms with E-state index in [4.69, 9.17) is 5.73 Å². The van der Waals surface area contributed by atoms with Gasteiger partial charge in [-0.1, -0.05) is 19.8 Å². The summed E-state index contributed by atoms with van der Waals surface area (Å²) >= 11 is 0. The average molecular weight is 247 g/mol. The Kier molecular flexibility index (Phi) is 3.97. The van der Waals surface area contributed by atoms with Crippen LogP contribution in [-0.4, -0.2) is 17.4 Å². The molecule has 2 rings (SSSR count). The first kappa shape index (κ1) is 13.0. The van der Waals surface area contributed by atoms with Crippen LogP contribution in [0.4, 0.5) is 0 Å². The molecule has 0 saturated heterocycles. The molecule has 1 aliphatic carbocycles. The maximum absolute atomic E-state index is 12.0. The fraction of sp³-hybridized carbons (Fsp3) is 0.571. The molecular weight excluding hydrogens is 226 g/mol. The van der Waals surface area contributed by atoms with E-state index in [0.717, 1.165) is 12.2 Å². The van der Waals surface area contributed by atoms with Gasteiger partial charge < -0.3 is 11.1 Å². The summed E-state index contributed by atoms with van der Waals surface area (Å²) in [5, 5.41) is 3.03. The standard InChI is InChI=1S/C14H21N3O/c1-14(5-2-3-6-14)10-17-13(18)11-4-7-16-12(8-11)9-15/h4,7-8H,2-3,5-6,9-10,15H2,1H3,(H,17,18). The second kappa shape index (κ2) is 5.48. The molecular formula is C14H21N3O. The number of hydrogen-bond donors (Lipinski definition) is 2. The van der Waals surface area contributed by atoms with Crippen molar-refractivity contribution in [2.75, 3.05) is 6.54 Å². The molecule has 1 aromatic heterocycles. The number of nitrogens with two attached hydrogens (primary N) is 1. The van der Waals surface area contributed by atoms with Crippen LogP contribution in [0.1, 0.15) is 48.7 Å². The summed E-state index contributed by atoms with van der Waals surface area (Å²) in [6, 6.07) is 3.48. The maximum atomic E-state index is 12.0. The molecule has 0 unspecified atom stereocenters. The van der Waals surface area contributed by atoms with Crippen molar-refractivity contribution in [3.63, 3.8) is 0 Å². The van der Waals surface area contributed by atoms with Gasteiger partial charge in [0.05, 0.1) is 5.69 Å². The summed E-state index contributed by atoms with van der Waals surface area (Å²) < 4.78 is 0. The highest BCUT2D eigenvalue weighted by molar-refractivity contribution is 5.94. The van der Waals surface area contributed by atoms with Gasteiger partial charge in [0.25, 0.3) is 5.91 Å². The lowest BCUT2D eigenvalue weighted by atomic mass is 9.89. The summed E-state index contributed by atoms with van der Waals surface area (Å²) in [5.74, 6) is -0.0276. The molecule has 1 aromatic rings. The van der Waals surface area contributed by atoms with E-state index >= 15 is 0 Å². The fourth-order valence-corrected chi connectivity index (χ4v) is 2.53. The quantitative estimate of drug-likeness (QED) is 0.853. The SMILES string of the molecule is CC1(CNC(=O)c2ccnc(CN)c2)CCCC1. The van der Waals surface area contributed by atoms with E-state index in [1.165, 1.54) is 25.7 Å². The average Bonchev–Trinajstić information content (AvgIpc) is 2.83. The van der Waals surface area contributed by atoms with E-state index in [9.17, 15) is 4.79 Å². The van der Waals surface area contributed by atoms with Gasteiger partial charge in [0, 0.05) is 24.8 Å². The lowest BCUT2D eigenvalue weighted by Gasteiger charge is -2.23. The molecule has 18 heavy (non-hydrogen) atoms. The molecule has 4 heteroatoms. The van der Waals surface area contributed by atoms with Crippen LogP contribution >= 0.6 is 0 Å². The van der Waals surface area contributed by atoms with Gasteiger partial charge in [-0.2, -0.15) is 0 Å². The largest absolute Gasteiger partial charge is 0.351 e. The summed E-state index contributed by atoms with van der Waals surface area (Å²) in [5.41, 5.74) is 7.19. The van der Waals surface area contributed by atoms with Crippen molar-refractivity contribution in [2.24, 2.45) is 11.1 Å². The van der Waals surface area contributed by atoms with Gasteiger partial charge >= 0.3 is 0 Å². The van der Waals surface area contributed by atoms with Crippen molar-refractivity contribution >= 4 is 5.91 Å². The first-order valence-electron chi connectivity index (χ1n) is 6.56. The van der Waals surface area contributed by atoms with Crippen molar-refractivity contribution in [2.45, 2.75) is 39.2 Å². The zero-order valence-electron chi connectivity index (χ0n) is 10.9. The van der Waals surface area contributed by atoms with Crippen molar-refractivity contribution in [1.29, 1.82) is 0 Å². The third-order valence-electron chi connectivity index (χ3n) is 3.77. The van der Waals surface area contributed by atoms with Crippen LogP contribution in [0, 0.1) is 5.41 Å². The van der Waals surface area contributed by atoms with Crippen LogP contribution in [0.25, 0.3) is 0 Å². The molecule has 1 saturated carbocycles. The molecule has 0 atom stereocenters. The Morgan fingerprint density at radius 3 is 2.89 bits per heavy atom. The lowest BCUT2D eigenvalue weighted by molar-refractivity contribution is 0.0934. The second-order valence-corrected chi connectivity index (χ2v) is 5.44. The molecule has 1 heterocycles. The summed E-state index contributed by atoms with van der Waals surface area (Å²) in [6.07, 6.45) is 6.60. The predicted molar refractivity (Wildman–Crippen MR) is 71.0 cm³/mol. The molecule has 1 amide bonds. The molecule has 1 fully saturated rings. The third-order valence-corrected chi connectivity index (χ3v) is 3.77. The van der Waals surface area contributed by atoms with E-state index in [0.29, 0.717) is 12.1 Å². The highest BCUT2D eigenvalue weighted by atomic mass is 16.1. The van der Waals surface area contributed by atoms with Crippen LogP contribution in [0.5, 0.6) is 0 Å². The smallest absolute Gasteiger partial charge is 0.251 e. The summed E-state index contributed by atoms with van der Waals surface area (Å²) in [4.78, 5) is 16.1. The monoisotopic (exact) mass is 247 g/mol. The highest BCUT2D eigenvalue weighted by Gasteiger charge is 2.28. The molecule has 0 spiro atoms. The lowest BCUT2D eigenvalue weighted by Crippen LogP contribution is -2.34. The minimum Gasteiger partial charge on any atom is -0.351 e. The Labute approximate surface area is 108 Å². The number of nitrogens with one attached hydrogen (secondary N) is 1. The number of amides is 1. The minimum atomic E-state index is -0.0276. The Balaban J connectivity index is 1.94. The number of hydrogen-bond acceptors (Lipinski definition) is 3. The van der Waals surface area contributed by atoms with Crippen LogP contribution in [0.3, 0.4) is 0 Å². The topological polar surface area (TPSA) is 68.0 Å². The highest BCUT2D eigenvalue weighted by Crippen LogP contribution is 2.36. The van der Waals surface area contributed by atoms with Gasteiger partial charge in [0.1, 0.15) is 0 Å². The number of carbonyl (C=O) groups is 1. The van der Waals surface area contributed by atoms with Crippen molar-refractivity contribution < 1.29 is 4.79 Å². The zero-order valence-corrected chi connectivity index (χ0v) is 10.9. The first-order valence-corrected chi connectivity index (χ1v) is 6.56. The molecule has 4 nitrogen and oxygen atoms in total. The van der Waals surface area contributed by atoms with E-state index in [2.05, 4.69) is 17.2 Å². The number of pyridine rings is 1. The molecule has 1 aliphatic rings. The fourth-order valence-electron chi connectivity index (χ4n) is 2.53. The summed E-state index contributed by atoms with van der Waals surface area (Å²) in [7, 11) is 0. The van der Waals surface area contributed by atoms with Crippen molar-refractivity contribution in [1.82, 2.24) is 10.3 Å². The van der Waals surface area contributed by atoms with Gasteiger partial charge in [0.2, 0.25) is 0 Å². The Bertz CT molecular complexity index is 425. The van der Waals surface area contributed by atoms with Crippen LogP contribution in [0.15, 0.2) is 18.3 Å². The van der Waals surface area contributed by atoms with Crippen LogP contribution in [0.2, 0.25) is 0 Å². The van der Waals surface area contributed by atoms with Crippen LogP contribution in [-0.2, 0) is 6.54 Å². The van der Waals surface area contributed by atoms with Crippen molar-refractivity contribution in [3.05, 3.63) is 29.6 Å². The third kappa shape index (κ3) is 3.07. The second-order valence-electron chi connectivity index (χ2n) is 5.44. The summed E-state index contributed by atoms with van der Waals surface area (Å²) in [6.45, 7) is 3.36. The van der Waals surface area contributed by atoms with E-state index < -0.39 is 0 Å². The van der Waals surface area contributed by atoms with Crippen LogP contribution < -0.4 is 11.1 Å². The Hall–Kier alpha value is -1.42.